The van der Waals surface area contributed by atoms with Crippen LogP contribution in [0.1, 0.15) is 12.8 Å². The van der Waals surface area contributed by atoms with Gasteiger partial charge in [0.25, 0.3) is 0 Å². The maximum atomic E-state index is 12.3. The van der Waals surface area contributed by atoms with Crippen molar-refractivity contribution in [3.8, 4) is 22.5 Å². The number of nitrogens with one attached hydrogen (secondary N) is 4. The number of aromatic nitrogens is 4. The largest absolute Gasteiger partial charge is 0.456 e. The summed E-state index contributed by atoms with van der Waals surface area (Å²) in [7, 11) is 2.23. The van der Waals surface area contributed by atoms with Gasteiger partial charge >= 0.3 is 12.2 Å². The van der Waals surface area contributed by atoms with Crippen LogP contribution >= 0.6 is 17.2 Å². The van der Waals surface area contributed by atoms with Crippen LogP contribution in [0, 0.1) is 0 Å². The van der Waals surface area contributed by atoms with Crippen molar-refractivity contribution in [2.24, 2.45) is 0 Å². The average molecular weight is 673 g/mol. The molecule has 2 atom stereocenters. The number of carbonyl (C=O) groups excluding carboxylic acids is 4. The summed E-state index contributed by atoms with van der Waals surface area (Å²) < 4.78 is 15.3. The summed E-state index contributed by atoms with van der Waals surface area (Å²) in [6.07, 6.45) is 2.65. The Labute approximate surface area is 271 Å². The van der Waals surface area contributed by atoms with E-state index in [0.717, 1.165) is 55.2 Å². The van der Waals surface area contributed by atoms with Crippen LogP contribution in [0.3, 0.4) is 0 Å². The Kier molecular flexibility index (Phi) is 9.56. The molecular formula is C32H30N6O7P2. The molecule has 4 N–H and O–H groups in total. The molecule has 0 saturated carbocycles. The highest BCUT2D eigenvalue weighted by atomic mass is 31.1. The number of imidazole rings is 2. The lowest BCUT2D eigenvalue weighted by molar-refractivity contribution is -0.111. The van der Waals surface area contributed by atoms with Gasteiger partial charge in [-0.25, -0.2) is 19.6 Å². The van der Waals surface area contributed by atoms with E-state index in [1.807, 2.05) is 36.4 Å². The lowest BCUT2D eigenvalue weighted by atomic mass is 10.0. The Bertz CT molecular complexity index is 2060. The average Bonchev–Trinajstić information content (AvgIpc) is 3.81. The molecular weight excluding hydrogens is 642 g/mol. The van der Waals surface area contributed by atoms with E-state index < -0.39 is 12.2 Å². The number of carbonyl (C=O) groups is 4. The van der Waals surface area contributed by atoms with Gasteiger partial charge in [0.1, 0.15) is 22.3 Å². The minimum atomic E-state index is -0.570. The highest BCUT2D eigenvalue weighted by molar-refractivity contribution is 7.65. The summed E-state index contributed by atoms with van der Waals surface area (Å²) in [4.78, 5) is 62.2. The Morgan fingerprint density at radius 2 is 1.26 bits per heavy atom. The monoisotopic (exact) mass is 672 g/mol. The molecule has 2 unspecified atom stereocenters. The third-order valence-corrected chi connectivity index (χ3v) is 9.37. The number of rotatable bonds is 12. The fourth-order valence-electron chi connectivity index (χ4n) is 5.01. The number of alkyl carbamates (subject to hydrolysis) is 2. The first-order valence-electron chi connectivity index (χ1n) is 14.5. The number of ether oxygens (including phenoxy) is 2. The number of H-pyrrole nitrogens is 2. The van der Waals surface area contributed by atoms with Crippen LogP contribution in [0.15, 0.2) is 65.3 Å². The van der Waals surface area contributed by atoms with Crippen molar-refractivity contribution in [1.29, 1.82) is 0 Å². The first kappa shape index (κ1) is 31.8. The summed E-state index contributed by atoms with van der Waals surface area (Å²) >= 11 is 0. The Hall–Kier alpha value is -5.12. The molecule has 3 heterocycles. The van der Waals surface area contributed by atoms with Gasteiger partial charge in [-0.05, 0) is 41.1 Å². The van der Waals surface area contributed by atoms with Crippen molar-refractivity contribution >= 4 is 84.2 Å². The number of amides is 2. The molecule has 0 aliphatic carbocycles. The second kappa shape index (κ2) is 14.1. The number of aromatic amines is 2. The minimum absolute atomic E-state index is 0.0264. The van der Waals surface area contributed by atoms with Gasteiger partial charge in [0.15, 0.2) is 11.0 Å². The van der Waals surface area contributed by atoms with E-state index in [9.17, 15) is 19.2 Å². The number of benzene rings is 3. The number of nitrogens with zero attached hydrogens (tertiary/aromatic N) is 2. The fourth-order valence-corrected chi connectivity index (χ4v) is 6.69. The van der Waals surface area contributed by atoms with Crippen molar-refractivity contribution in [2.75, 3.05) is 27.3 Å². The van der Waals surface area contributed by atoms with Gasteiger partial charge in [0, 0.05) is 65.0 Å². The van der Waals surface area contributed by atoms with Crippen molar-refractivity contribution in [3.05, 3.63) is 60.9 Å². The molecule has 0 spiro atoms. The molecule has 0 aliphatic rings. The number of fused-ring (bicyclic) bond motifs is 4. The number of furan rings is 1. The first-order chi connectivity index (χ1) is 22.8. The van der Waals surface area contributed by atoms with Crippen LogP contribution in [0.2, 0.25) is 0 Å². The van der Waals surface area contributed by atoms with Crippen molar-refractivity contribution in [3.63, 3.8) is 0 Å². The minimum Gasteiger partial charge on any atom is -0.456 e. The van der Waals surface area contributed by atoms with E-state index in [-0.39, 0.29) is 54.1 Å². The summed E-state index contributed by atoms with van der Waals surface area (Å²) in [6.45, 7) is 0.415. The van der Waals surface area contributed by atoms with Crippen LogP contribution in [0.5, 0.6) is 0 Å². The molecule has 240 valence electrons. The molecule has 2 amide bonds. The molecule has 0 fully saturated rings. The van der Waals surface area contributed by atoms with Gasteiger partial charge in [-0.1, -0.05) is 18.2 Å². The van der Waals surface area contributed by atoms with Crippen molar-refractivity contribution in [1.82, 2.24) is 30.6 Å². The molecule has 13 nitrogen and oxygen atoms in total. The maximum absolute atomic E-state index is 12.3. The van der Waals surface area contributed by atoms with Gasteiger partial charge < -0.3 is 34.5 Å². The molecule has 0 aliphatic heterocycles. The lowest BCUT2D eigenvalue weighted by Crippen LogP contribution is -2.25. The summed E-state index contributed by atoms with van der Waals surface area (Å²) in [5.41, 5.74) is 5.92. The zero-order chi connectivity index (χ0) is 32.9. The molecule has 0 bridgehead atoms. The van der Waals surface area contributed by atoms with E-state index in [1.54, 1.807) is 12.4 Å². The Balaban J connectivity index is 1.16. The smallest absolute Gasteiger partial charge is 0.406 e. The SMILES string of the molecule is COC(=O)NCCC(=O)Pc1ncc(-c2ccc3cc4c(cc3c2)oc2cc(-c3cnc(PC(=O)CCNC(=O)OC)[nH]3)ccc24)[nH]1. The molecule has 47 heavy (non-hydrogen) atoms. The van der Waals surface area contributed by atoms with Crippen LogP contribution in [0.4, 0.5) is 9.59 Å². The maximum Gasteiger partial charge on any atom is 0.406 e. The third-order valence-electron chi connectivity index (χ3n) is 7.33. The van der Waals surface area contributed by atoms with Gasteiger partial charge in [-0.2, -0.15) is 0 Å². The Morgan fingerprint density at radius 1 is 0.702 bits per heavy atom. The Morgan fingerprint density at radius 3 is 1.85 bits per heavy atom. The second-order valence-corrected chi connectivity index (χ2v) is 13.0. The van der Waals surface area contributed by atoms with Crippen LogP contribution in [-0.4, -0.2) is 70.5 Å². The van der Waals surface area contributed by atoms with Gasteiger partial charge in [-0.3, -0.25) is 9.59 Å². The fraction of sp³-hybridized carbons (Fsp3) is 0.188. The highest BCUT2D eigenvalue weighted by Gasteiger charge is 2.14. The van der Waals surface area contributed by atoms with Gasteiger partial charge in [0.05, 0.1) is 38.0 Å². The number of hydrogen-bond acceptors (Lipinski definition) is 9. The summed E-state index contributed by atoms with van der Waals surface area (Å²) in [5.74, 6) is 0. The number of hydrogen-bond donors (Lipinski definition) is 4. The molecule has 15 heteroatoms. The first-order valence-corrected chi connectivity index (χ1v) is 16.5. The third kappa shape index (κ3) is 7.48. The molecule has 0 saturated heterocycles. The van der Waals surface area contributed by atoms with E-state index in [1.165, 1.54) is 14.2 Å². The zero-order valence-electron chi connectivity index (χ0n) is 25.4. The summed E-state index contributed by atoms with van der Waals surface area (Å²) in [6, 6.07) is 16.2. The normalized spacial score (nSPS) is 11.7. The van der Waals surface area contributed by atoms with E-state index >= 15 is 0 Å². The van der Waals surface area contributed by atoms with Gasteiger partial charge in [-0.15, -0.1) is 0 Å². The second-order valence-electron chi connectivity index (χ2n) is 10.4. The molecule has 3 aromatic carbocycles. The topological polar surface area (TPSA) is 181 Å². The van der Waals surface area contributed by atoms with Gasteiger partial charge in [0.2, 0.25) is 0 Å². The van der Waals surface area contributed by atoms with Crippen molar-refractivity contribution in [2.45, 2.75) is 12.8 Å². The van der Waals surface area contributed by atoms with E-state index in [4.69, 9.17) is 4.42 Å². The highest BCUT2D eigenvalue weighted by Crippen LogP contribution is 2.35. The van der Waals surface area contributed by atoms with Crippen LogP contribution in [0.25, 0.3) is 55.2 Å². The molecule has 0 radical (unpaired) electrons. The number of methoxy groups -OCH3 is 2. The zero-order valence-corrected chi connectivity index (χ0v) is 27.4. The standard InChI is InChI=1S/C32H30N6O7P2/c1-43-31(41)33-9-7-27(39)46-29-35-15-23(37-29)18-4-3-17-12-22-21-6-5-19(13-25(21)45-26(22)14-20(17)11-18)24-16-36-30(38-24)47-28(40)8-10-34-32(42)44-2/h3-6,11-16,46-47H,7-10H2,1-2H3,(H,33,41)(H,34,42)(H,35,37)(H,36,38). The summed E-state index contributed by atoms with van der Waals surface area (Å²) in [5, 5.41) is 9.02. The van der Waals surface area contributed by atoms with Crippen LogP contribution in [-0.2, 0) is 19.1 Å². The molecule has 6 rings (SSSR count). The molecule has 6 aromatic rings. The van der Waals surface area contributed by atoms with Crippen LogP contribution < -0.4 is 21.8 Å². The predicted molar refractivity (Wildman–Crippen MR) is 182 cm³/mol. The lowest BCUT2D eigenvalue weighted by Gasteiger charge is -2.03. The van der Waals surface area contributed by atoms with E-state index in [0.29, 0.717) is 11.1 Å². The van der Waals surface area contributed by atoms with E-state index in [2.05, 4.69) is 52.2 Å². The van der Waals surface area contributed by atoms with Crippen molar-refractivity contribution < 1.29 is 33.1 Å². The predicted octanol–water partition coefficient (Wildman–Crippen LogP) is 4.67. The quantitative estimate of drug-likeness (QED) is 0.134. The molecule has 3 aromatic heterocycles.